The van der Waals surface area contributed by atoms with Crippen LogP contribution in [0.5, 0.6) is 11.5 Å². The molecule has 1 N–H and O–H groups in total. The van der Waals surface area contributed by atoms with Crippen molar-refractivity contribution in [2.45, 2.75) is 26.8 Å². The molecule has 1 fully saturated rings. The van der Waals surface area contributed by atoms with E-state index in [9.17, 15) is 19.5 Å². The highest BCUT2D eigenvalue weighted by molar-refractivity contribution is 6.46. The number of ketones is 1. The van der Waals surface area contributed by atoms with Gasteiger partial charge in [-0.2, -0.15) is 0 Å². The van der Waals surface area contributed by atoms with Crippen LogP contribution in [0.2, 0.25) is 0 Å². The molecule has 1 unspecified atom stereocenters. The number of aliphatic hydroxyl groups excluding tert-OH is 1. The summed E-state index contributed by atoms with van der Waals surface area (Å²) in [6.07, 6.45) is 0. The van der Waals surface area contributed by atoms with Gasteiger partial charge in [0, 0.05) is 20.0 Å². The third-order valence-corrected chi connectivity index (χ3v) is 5.64. The van der Waals surface area contributed by atoms with Crippen molar-refractivity contribution in [2.24, 2.45) is 0 Å². The van der Waals surface area contributed by atoms with Crippen LogP contribution in [0.1, 0.15) is 35.2 Å². The molecule has 0 aromatic heterocycles. The molecule has 2 aromatic carbocycles. The highest BCUT2D eigenvalue weighted by Gasteiger charge is 2.46. The predicted molar refractivity (Wildman–Crippen MR) is 128 cm³/mol. The zero-order valence-electron chi connectivity index (χ0n) is 20.3. The number of aryl methyl sites for hydroxylation is 2. The molecule has 3 rings (SSSR count). The number of carbonyl (C=O) groups is 3. The number of aliphatic hydroxyl groups is 1. The SMILES string of the molecule is COc1c(C)cc(C)cc1/C(O)=C1\C(=O)C(=O)N(CCN(C)C)C1c1cccc(OC(C)=O)c1. The summed E-state index contributed by atoms with van der Waals surface area (Å²) in [6.45, 7) is 5.79. The number of likely N-dealkylation sites (tertiary alicyclic amines) is 1. The molecule has 34 heavy (non-hydrogen) atoms. The molecular weight excluding hydrogens is 436 g/mol. The molecule has 0 bridgehead atoms. The Kier molecular flexibility index (Phi) is 7.41. The van der Waals surface area contributed by atoms with Gasteiger partial charge in [0.25, 0.3) is 11.7 Å². The van der Waals surface area contributed by atoms with Gasteiger partial charge >= 0.3 is 5.97 Å². The lowest BCUT2D eigenvalue weighted by atomic mass is 9.93. The highest BCUT2D eigenvalue weighted by Crippen LogP contribution is 2.42. The number of Topliss-reactive ketones (excluding diaryl/α,β-unsaturated/α-hetero) is 1. The summed E-state index contributed by atoms with van der Waals surface area (Å²) in [5.74, 6) is -1.56. The molecule has 1 heterocycles. The minimum absolute atomic E-state index is 0.0352. The van der Waals surface area contributed by atoms with Gasteiger partial charge in [-0.15, -0.1) is 0 Å². The number of hydrogen-bond acceptors (Lipinski definition) is 7. The van der Waals surface area contributed by atoms with Gasteiger partial charge in [-0.1, -0.05) is 18.2 Å². The zero-order valence-corrected chi connectivity index (χ0v) is 20.3. The first kappa shape index (κ1) is 25.0. The minimum atomic E-state index is -0.860. The van der Waals surface area contributed by atoms with Gasteiger partial charge in [-0.25, -0.2) is 0 Å². The van der Waals surface area contributed by atoms with E-state index in [1.807, 2.05) is 38.9 Å². The Bertz CT molecular complexity index is 1170. The van der Waals surface area contributed by atoms with Crippen molar-refractivity contribution in [2.75, 3.05) is 34.3 Å². The maximum Gasteiger partial charge on any atom is 0.308 e. The number of benzene rings is 2. The lowest BCUT2D eigenvalue weighted by Crippen LogP contribution is -2.35. The molecule has 1 atom stereocenters. The first-order valence-corrected chi connectivity index (χ1v) is 10.9. The fourth-order valence-electron chi connectivity index (χ4n) is 4.23. The van der Waals surface area contributed by atoms with Crippen molar-refractivity contribution in [3.8, 4) is 11.5 Å². The number of likely N-dealkylation sites (N-methyl/N-ethyl adjacent to an activating group) is 1. The number of amides is 1. The second kappa shape index (κ2) is 10.1. The summed E-state index contributed by atoms with van der Waals surface area (Å²) < 4.78 is 10.7. The average molecular weight is 467 g/mol. The number of carbonyl (C=O) groups excluding carboxylic acids is 3. The Balaban J connectivity index is 2.25. The third-order valence-electron chi connectivity index (χ3n) is 5.64. The summed E-state index contributed by atoms with van der Waals surface area (Å²) in [6, 6.07) is 9.40. The number of esters is 1. The third kappa shape index (κ3) is 4.97. The lowest BCUT2D eigenvalue weighted by molar-refractivity contribution is -0.140. The average Bonchev–Trinajstić information content (AvgIpc) is 3.01. The Morgan fingerprint density at radius 3 is 2.47 bits per heavy atom. The van der Waals surface area contributed by atoms with Gasteiger partial charge < -0.3 is 24.4 Å². The van der Waals surface area contributed by atoms with Gasteiger partial charge in [0.15, 0.2) is 0 Å². The van der Waals surface area contributed by atoms with E-state index in [2.05, 4.69) is 0 Å². The highest BCUT2D eigenvalue weighted by atomic mass is 16.5. The smallest absolute Gasteiger partial charge is 0.308 e. The van der Waals surface area contributed by atoms with Gasteiger partial charge in [-0.05, 0) is 62.8 Å². The molecule has 1 aliphatic rings. The van der Waals surface area contributed by atoms with Crippen LogP contribution in [0.3, 0.4) is 0 Å². The maximum absolute atomic E-state index is 13.2. The van der Waals surface area contributed by atoms with Crippen molar-refractivity contribution < 1.29 is 29.0 Å². The molecular formula is C26H30N2O6. The van der Waals surface area contributed by atoms with Gasteiger partial charge in [0.2, 0.25) is 0 Å². The Labute approximate surface area is 199 Å². The van der Waals surface area contributed by atoms with Gasteiger partial charge in [0.1, 0.15) is 17.3 Å². The maximum atomic E-state index is 13.2. The lowest BCUT2D eigenvalue weighted by Gasteiger charge is -2.27. The van der Waals surface area contributed by atoms with Crippen LogP contribution in [0.15, 0.2) is 42.0 Å². The molecule has 0 spiro atoms. The Morgan fingerprint density at radius 1 is 1.15 bits per heavy atom. The molecule has 1 amide bonds. The molecule has 2 aromatic rings. The van der Waals surface area contributed by atoms with E-state index < -0.39 is 23.7 Å². The van der Waals surface area contributed by atoms with E-state index in [0.29, 0.717) is 23.4 Å². The van der Waals surface area contributed by atoms with Crippen LogP contribution in [-0.4, -0.2) is 66.9 Å². The second-order valence-electron chi connectivity index (χ2n) is 8.62. The van der Waals surface area contributed by atoms with E-state index >= 15 is 0 Å². The number of rotatable bonds is 7. The number of nitrogens with zero attached hydrogens (tertiary/aromatic N) is 2. The summed E-state index contributed by atoms with van der Waals surface area (Å²) in [7, 11) is 5.23. The largest absolute Gasteiger partial charge is 0.507 e. The first-order chi connectivity index (χ1) is 16.0. The van der Waals surface area contributed by atoms with Crippen molar-refractivity contribution >= 4 is 23.4 Å². The fourth-order valence-corrected chi connectivity index (χ4v) is 4.23. The van der Waals surface area contributed by atoms with E-state index in [-0.39, 0.29) is 23.6 Å². The molecule has 180 valence electrons. The standard InChI is InChI=1S/C26H30N2O6/c1-15-12-16(2)25(33-6)20(13-15)23(30)21-22(18-8-7-9-19(14-18)34-17(3)29)28(11-10-27(4)5)26(32)24(21)31/h7-9,12-14,22,30H,10-11H2,1-6H3/b23-21+. The molecule has 8 nitrogen and oxygen atoms in total. The molecule has 8 heteroatoms. The summed E-state index contributed by atoms with van der Waals surface area (Å²) in [5.41, 5.74) is 2.51. The van der Waals surface area contributed by atoms with E-state index in [4.69, 9.17) is 9.47 Å². The quantitative estimate of drug-likeness (QED) is 0.220. The molecule has 1 aliphatic heterocycles. The molecule has 0 radical (unpaired) electrons. The van der Waals surface area contributed by atoms with Gasteiger partial charge in [0.05, 0.1) is 24.3 Å². The predicted octanol–water partition coefficient (Wildman–Crippen LogP) is 3.22. The van der Waals surface area contributed by atoms with E-state index in [1.165, 1.54) is 18.9 Å². The number of ether oxygens (including phenoxy) is 2. The van der Waals surface area contributed by atoms with E-state index in [0.717, 1.165) is 11.1 Å². The fraction of sp³-hybridized carbons (Fsp3) is 0.346. The monoisotopic (exact) mass is 466 g/mol. The Morgan fingerprint density at radius 2 is 1.85 bits per heavy atom. The minimum Gasteiger partial charge on any atom is -0.507 e. The van der Waals surface area contributed by atoms with Crippen LogP contribution in [0.25, 0.3) is 5.76 Å². The van der Waals surface area contributed by atoms with Crippen LogP contribution >= 0.6 is 0 Å². The summed E-state index contributed by atoms with van der Waals surface area (Å²) in [5, 5.41) is 11.4. The summed E-state index contributed by atoms with van der Waals surface area (Å²) in [4.78, 5) is 41.2. The zero-order chi connectivity index (χ0) is 25.2. The van der Waals surface area contributed by atoms with Crippen LogP contribution in [-0.2, 0) is 14.4 Å². The summed E-state index contributed by atoms with van der Waals surface area (Å²) >= 11 is 0. The normalized spacial score (nSPS) is 17.4. The van der Waals surface area contributed by atoms with Crippen LogP contribution < -0.4 is 9.47 Å². The van der Waals surface area contributed by atoms with Crippen LogP contribution in [0.4, 0.5) is 0 Å². The van der Waals surface area contributed by atoms with Gasteiger partial charge in [-0.3, -0.25) is 14.4 Å². The van der Waals surface area contributed by atoms with Crippen molar-refractivity contribution in [1.29, 1.82) is 0 Å². The van der Waals surface area contributed by atoms with Crippen molar-refractivity contribution in [3.63, 3.8) is 0 Å². The first-order valence-electron chi connectivity index (χ1n) is 10.9. The second-order valence-corrected chi connectivity index (χ2v) is 8.62. The topological polar surface area (TPSA) is 96.4 Å². The molecule has 0 aliphatic carbocycles. The van der Waals surface area contributed by atoms with Crippen molar-refractivity contribution in [1.82, 2.24) is 9.80 Å². The molecule has 1 saturated heterocycles. The number of methoxy groups -OCH3 is 1. The number of hydrogen-bond donors (Lipinski definition) is 1. The van der Waals surface area contributed by atoms with Crippen LogP contribution in [0, 0.1) is 13.8 Å². The van der Waals surface area contributed by atoms with Crippen molar-refractivity contribution in [3.05, 3.63) is 64.2 Å². The molecule has 0 saturated carbocycles. The Hall–Kier alpha value is -3.65. The van der Waals surface area contributed by atoms with E-state index in [1.54, 1.807) is 30.3 Å².